The van der Waals surface area contributed by atoms with Crippen LogP contribution >= 0.6 is 11.6 Å². The highest BCUT2D eigenvalue weighted by molar-refractivity contribution is 6.21. The standard InChI is InChI=1S/C14H23Cl/c1-2-11-6-3-4-9-14(11)12-7-5-8-13(15)10-12/h10-11,13-14H,2-9H2,1H3. The zero-order valence-corrected chi connectivity index (χ0v) is 10.6. The molecule has 0 heterocycles. The number of halogens is 1. The summed E-state index contributed by atoms with van der Waals surface area (Å²) >= 11 is 6.25. The highest BCUT2D eigenvalue weighted by Crippen LogP contribution is 2.40. The quantitative estimate of drug-likeness (QED) is 0.463. The van der Waals surface area contributed by atoms with Gasteiger partial charge in [-0.15, -0.1) is 11.6 Å². The summed E-state index contributed by atoms with van der Waals surface area (Å²) in [5.41, 5.74) is 1.70. The first kappa shape index (κ1) is 11.5. The van der Waals surface area contributed by atoms with Crippen molar-refractivity contribution in [3.8, 4) is 0 Å². The van der Waals surface area contributed by atoms with E-state index < -0.39 is 0 Å². The molecule has 0 amide bonds. The third-order valence-corrected chi connectivity index (χ3v) is 4.59. The van der Waals surface area contributed by atoms with Crippen LogP contribution in [0.4, 0.5) is 0 Å². The molecule has 2 aliphatic rings. The van der Waals surface area contributed by atoms with Crippen molar-refractivity contribution in [2.24, 2.45) is 11.8 Å². The van der Waals surface area contributed by atoms with Crippen molar-refractivity contribution in [1.82, 2.24) is 0 Å². The fourth-order valence-electron chi connectivity index (χ4n) is 3.39. The third-order valence-electron chi connectivity index (χ3n) is 4.25. The van der Waals surface area contributed by atoms with Gasteiger partial charge in [-0.3, -0.25) is 0 Å². The Balaban J connectivity index is 2.06. The molecule has 0 aromatic rings. The van der Waals surface area contributed by atoms with Crippen LogP contribution in [-0.4, -0.2) is 5.38 Å². The van der Waals surface area contributed by atoms with Crippen LogP contribution in [0.25, 0.3) is 0 Å². The summed E-state index contributed by atoms with van der Waals surface area (Å²) < 4.78 is 0. The second-order valence-electron chi connectivity index (χ2n) is 5.21. The zero-order valence-electron chi connectivity index (χ0n) is 9.84. The Bertz CT molecular complexity index is 231. The Hall–Kier alpha value is 0.0300. The first-order chi connectivity index (χ1) is 7.31. The van der Waals surface area contributed by atoms with Crippen molar-refractivity contribution in [2.75, 3.05) is 0 Å². The van der Waals surface area contributed by atoms with Crippen molar-refractivity contribution in [3.63, 3.8) is 0 Å². The molecular weight excluding hydrogens is 204 g/mol. The minimum Gasteiger partial charge on any atom is -0.118 e. The summed E-state index contributed by atoms with van der Waals surface area (Å²) in [6.07, 6.45) is 13.3. The number of rotatable bonds is 2. The molecule has 2 rings (SSSR count). The van der Waals surface area contributed by atoms with Gasteiger partial charge in [-0.2, -0.15) is 0 Å². The van der Waals surface area contributed by atoms with Gasteiger partial charge in [0.15, 0.2) is 0 Å². The molecule has 1 heteroatoms. The van der Waals surface area contributed by atoms with Crippen molar-refractivity contribution in [1.29, 1.82) is 0 Å². The van der Waals surface area contributed by atoms with E-state index in [0.717, 1.165) is 11.8 Å². The van der Waals surface area contributed by atoms with Gasteiger partial charge in [-0.05, 0) is 43.9 Å². The van der Waals surface area contributed by atoms with Crippen molar-refractivity contribution in [2.45, 2.75) is 63.7 Å². The molecule has 3 unspecified atom stereocenters. The molecule has 0 aliphatic heterocycles. The van der Waals surface area contributed by atoms with E-state index in [4.69, 9.17) is 11.6 Å². The molecule has 1 saturated carbocycles. The Morgan fingerprint density at radius 1 is 1.20 bits per heavy atom. The number of alkyl halides is 1. The fourth-order valence-corrected chi connectivity index (χ4v) is 3.71. The SMILES string of the molecule is CCC1CCCCC1C1=CC(Cl)CCC1. The minimum absolute atomic E-state index is 0.327. The van der Waals surface area contributed by atoms with Gasteiger partial charge in [0.2, 0.25) is 0 Å². The number of allylic oxidation sites excluding steroid dienone is 2. The maximum Gasteiger partial charge on any atom is 0.0518 e. The van der Waals surface area contributed by atoms with Crippen molar-refractivity contribution in [3.05, 3.63) is 11.6 Å². The molecule has 0 bridgehead atoms. The maximum atomic E-state index is 6.25. The van der Waals surface area contributed by atoms with Crippen LogP contribution in [0.3, 0.4) is 0 Å². The molecule has 15 heavy (non-hydrogen) atoms. The molecule has 0 radical (unpaired) electrons. The highest BCUT2D eigenvalue weighted by atomic mass is 35.5. The Kier molecular flexibility index (Phi) is 4.13. The largest absolute Gasteiger partial charge is 0.118 e. The normalized spacial score (nSPS) is 37.5. The highest BCUT2D eigenvalue weighted by Gasteiger charge is 2.28. The Labute approximate surface area is 99.1 Å². The first-order valence-corrected chi connectivity index (χ1v) is 7.09. The summed E-state index contributed by atoms with van der Waals surface area (Å²) in [4.78, 5) is 0. The monoisotopic (exact) mass is 226 g/mol. The molecule has 86 valence electrons. The van der Waals surface area contributed by atoms with Crippen molar-refractivity contribution >= 4 is 11.6 Å². The lowest BCUT2D eigenvalue weighted by molar-refractivity contribution is 0.257. The summed E-state index contributed by atoms with van der Waals surface area (Å²) in [7, 11) is 0. The van der Waals surface area contributed by atoms with Gasteiger partial charge in [-0.1, -0.05) is 37.8 Å². The fraction of sp³-hybridized carbons (Fsp3) is 0.857. The Morgan fingerprint density at radius 3 is 2.73 bits per heavy atom. The molecular formula is C14H23Cl. The summed E-state index contributed by atoms with van der Waals surface area (Å²) in [6, 6.07) is 0. The molecule has 0 nitrogen and oxygen atoms in total. The zero-order chi connectivity index (χ0) is 10.7. The van der Waals surface area contributed by atoms with E-state index >= 15 is 0 Å². The third kappa shape index (κ3) is 2.78. The molecule has 3 atom stereocenters. The van der Waals surface area contributed by atoms with E-state index in [1.807, 2.05) is 0 Å². The lowest BCUT2D eigenvalue weighted by atomic mass is 9.72. The van der Waals surface area contributed by atoms with Crippen LogP contribution in [0.1, 0.15) is 58.3 Å². The summed E-state index contributed by atoms with van der Waals surface area (Å²) in [5.74, 6) is 1.83. The predicted octanol–water partition coefficient (Wildman–Crippen LogP) is 4.92. The van der Waals surface area contributed by atoms with Crippen LogP contribution in [0.5, 0.6) is 0 Å². The molecule has 0 aromatic heterocycles. The molecule has 0 aromatic carbocycles. The van der Waals surface area contributed by atoms with Gasteiger partial charge in [0.1, 0.15) is 0 Å². The van der Waals surface area contributed by atoms with Crippen LogP contribution in [0, 0.1) is 11.8 Å². The van der Waals surface area contributed by atoms with Gasteiger partial charge in [0.05, 0.1) is 5.38 Å². The number of hydrogen-bond donors (Lipinski definition) is 0. The minimum atomic E-state index is 0.327. The van der Waals surface area contributed by atoms with Crippen LogP contribution in [-0.2, 0) is 0 Å². The van der Waals surface area contributed by atoms with Crippen LogP contribution < -0.4 is 0 Å². The maximum absolute atomic E-state index is 6.25. The predicted molar refractivity (Wildman–Crippen MR) is 67.3 cm³/mol. The summed E-state index contributed by atoms with van der Waals surface area (Å²) in [5, 5.41) is 0.327. The Morgan fingerprint density at radius 2 is 2.00 bits per heavy atom. The second-order valence-corrected chi connectivity index (χ2v) is 5.77. The van der Waals surface area contributed by atoms with Gasteiger partial charge in [0, 0.05) is 0 Å². The van der Waals surface area contributed by atoms with E-state index in [0.29, 0.717) is 5.38 Å². The van der Waals surface area contributed by atoms with Gasteiger partial charge in [-0.25, -0.2) is 0 Å². The number of hydrogen-bond acceptors (Lipinski definition) is 0. The van der Waals surface area contributed by atoms with E-state index in [2.05, 4.69) is 13.0 Å². The summed E-state index contributed by atoms with van der Waals surface area (Å²) in [6.45, 7) is 2.35. The second kappa shape index (κ2) is 5.39. The average Bonchev–Trinajstić information content (AvgIpc) is 2.29. The molecule has 0 N–H and O–H groups in total. The molecule has 0 saturated heterocycles. The molecule has 0 spiro atoms. The van der Waals surface area contributed by atoms with E-state index in [-0.39, 0.29) is 0 Å². The van der Waals surface area contributed by atoms with Crippen molar-refractivity contribution < 1.29 is 0 Å². The van der Waals surface area contributed by atoms with Crippen LogP contribution in [0.2, 0.25) is 0 Å². The first-order valence-electron chi connectivity index (χ1n) is 6.66. The topological polar surface area (TPSA) is 0 Å². The van der Waals surface area contributed by atoms with E-state index in [9.17, 15) is 0 Å². The van der Waals surface area contributed by atoms with E-state index in [1.165, 1.54) is 51.4 Å². The lowest BCUT2D eigenvalue weighted by Gasteiger charge is -2.34. The lowest BCUT2D eigenvalue weighted by Crippen LogP contribution is -2.23. The molecule has 1 fully saturated rings. The van der Waals surface area contributed by atoms with Gasteiger partial charge < -0.3 is 0 Å². The smallest absolute Gasteiger partial charge is 0.0518 e. The average molecular weight is 227 g/mol. The van der Waals surface area contributed by atoms with Gasteiger partial charge in [0.25, 0.3) is 0 Å². The van der Waals surface area contributed by atoms with Crippen LogP contribution in [0.15, 0.2) is 11.6 Å². The van der Waals surface area contributed by atoms with E-state index in [1.54, 1.807) is 5.57 Å². The molecule has 2 aliphatic carbocycles. The van der Waals surface area contributed by atoms with Gasteiger partial charge >= 0.3 is 0 Å².